The van der Waals surface area contributed by atoms with E-state index in [1.165, 1.54) is 0 Å². The van der Waals surface area contributed by atoms with E-state index in [-0.39, 0.29) is 12.1 Å². The summed E-state index contributed by atoms with van der Waals surface area (Å²) >= 11 is 0. The predicted molar refractivity (Wildman–Crippen MR) is 78.6 cm³/mol. The van der Waals surface area contributed by atoms with Crippen molar-refractivity contribution in [2.45, 2.75) is 38.8 Å². The van der Waals surface area contributed by atoms with Gasteiger partial charge in [-0.1, -0.05) is 0 Å². The van der Waals surface area contributed by atoms with Gasteiger partial charge in [-0.2, -0.15) is 0 Å². The minimum atomic E-state index is -0.539. The topological polar surface area (TPSA) is 80.5 Å². The molecule has 0 aliphatic carbocycles. The lowest BCUT2D eigenvalue weighted by atomic mass is 10.2. The summed E-state index contributed by atoms with van der Waals surface area (Å²) in [5.41, 5.74) is 6.55. The molecule has 3 N–H and O–H groups in total. The molecule has 2 heterocycles. The van der Waals surface area contributed by atoms with Gasteiger partial charge in [0.25, 0.3) is 0 Å². The van der Waals surface area contributed by atoms with Crippen LogP contribution in [0.25, 0.3) is 0 Å². The SMILES string of the molecule is CC(C)(C)OC(=O)N(c1ccncc1N)C1CCNC1. The largest absolute Gasteiger partial charge is 0.443 e. The first-order valence-electron chi connectivity index (χ1n) is 6.81. The van der Waals surface area contributed by atoms with Crippen molar-refractivity contribution in [3.63, 3.8) is 0 Å². The van der Waals surface area contributed by atoms with E-state index in [9.17, 15) is 4.79 Å². The van der Waals surface area contributed by atoms with E-state index in [1.807, 2.05) is 20.8 Å². The number of nitrogens with two attached hydrogens (primary N) is 1. The number of anilines is 2. The molecule has 2 rings (SSSR count). The fraction of sp³-hybridized carbons (Fsp3) is 0.571. The van der Waals surface area contributed by atoms with Crippen molar-refractivity contribution in [2.24, 2.45) is 0 Å². The molecule has 20 heavy (non-hydrogen) atoms. The van der Waals surface area contributed by atoms with Gasteiger partial charge in [0.1, 0.15) is 5.60 Å². The smallest absolute Gasteiger partial charge is 0.415 e. The minimum absolute atomic E-state index is 0.0505. The summed E-state index contributed by atoms with van der Waals surface area (Å²) in [7, 11) is 0. The second-order valence-electron chi connectivity index (χ2n) is 5.93. The summed E-state index contributed by atoms with van der Waals surface area (Å²) in [6.07, 6.45) is 3.69. The van der Waals surface area contributed by atoms with Crippen LogP contribution in [0.2, 0.25) is 0 Å². The van der Waals surface area contributed by atoms with Gasteiger partial charge in [-0.25, -0.2) is 4.79 Å². The van der Waals surface area contributed by atoms with Crippen molar-refractivity contribution in [2.75, 3.05) is 23.7 Å². The maximum atomic E-state index is 12.5. The fourth-order valence-electron chi connectivity index (χ4n) is 2.23. The third-order valence-corrected chi connectivity index (χ3v) is 3.08. The zero-order valence-electron chi connectivity index (χ0n) is 12.2. The first kappa shape index (κ1) is 14.6. The lowest BCUT2D eigenvalue weighted by Crippen LogP contribution is -2.45. The Balaban J connectivity index is 2.30. The maximum Gasteiger partial charge on any atom is 0.415 e. The molecule has 1 aliphatic heterocycles. The van der Waals surface area contributed by atoms with Crippen LogP contribution in [0.15, 0.2) is 18.5 Å². The molecule has 1 amide bonds. The number of carbonyl (C=O) groups is 1. The van der Waals surface area contributed by atoms with E-state index in [1.54, 1.807) is 23.4 Å². The molecule has 1 fully saturated rings. The van der Waals surface area contributed by atoms with Gasteiger partial charge < -0.3 is 15.8 Å². The van der Waals surface area contributed by atoms with Gasteiger partial charge in [-0.05, 0) is 39.8 Å². The molecule has 110 valence electrons. The minimum Gasteiger partial charge on any atom is -0.443 e. The molecule has 1 aliphatic rings. The number of hydrogen-bond acceptors (Lipinski definition) is 5. The lowest BCUT2D eigenvalue weighted by Gasteiger charge is -2.31. The predicted octanol–water partition coefficient (Wildman–Crippen LogP) is 1.77. The van der Waals surface area contributed by atoms with Gasteiger partial charge in [-0.15, -0.1) is 0 Å². The number of aromatic nitrogens is 1. The molecule has 6 heteroatoms. The molecular formula is C14H22N4O2. The Morgan fingerprint density at radius 1 is 1.55 bits per heavy atom. The zero-order valence-corrected chi connectivity index (χ0v) is 12.2. The van der Waals surface area contributed by atoms with Gasteiger partial charge in [0.2, 0.25) is 0 Å². The normalized spacial score (nSPS) is 18.9. The van der Waals surface area contributed by atoms with E-state index in [4.69, 9.17) is 10.5 Å². The Hall–Kier alpha value is -1.82. The number of nitrogens with one attached hydrogen (secondary N) is 1. The molecule has 1 saturated heterocycles. The van der Waals surface area contributed by atoms with Crippen molar-refractivity contribution in [3.05, 3.63) is 18.5 Å². The van der Waals surface area contributed by atoms with E-state index in [0.717, 1.165) is 19.5 Å². The zero-order chi connectivity index (χ0) is 14.8. The van der Waals surface area contributed by atoms with E-state index in [2.05, 4.69) is 10.3 Å². The maximum absolute atomic E-state index is 12.5. The van der Waals surface area contributed by atoms with E-state index < -0.39 is 5.60 Å². The standard InChI is InChI=1S/C14H22N4O2/c1-14(2,3)20-13(19)18(10-4-6-16-8-10)12-5-7-17-9-11(12)15/h5,7,9-10,16H,4,6,8,15H2,1-3H3. The van der Waals surface area contributed by atoms with Crippen LogP contribution >= 0.6 is 0 Å². The number of nitrogen functional groups attached to an aromatic ring is 1. The number of ether oxygens (including phenoxy) is 1. The molecule has 0 aromatic carbocycles. The van der Waals surface area contributed by atoms with Gasteiger partial charge in [-0.3, -0.25) is 9.88 Å². The molecule has 1 unspecified atom stereocenters. The number of pyridine rings is 1. The van der Waals surface area contributed by atoms with Crippen LogP contribution in [0.4, 0.5) is 16.2 Å². The Kier molecular flexibility index (Phi) is 4.13. The van der Waals surface area contributed by atoms with Crippen molar-refractivity contribution in [1.82, 2.24) is 10.3 Å². The van der Waals surface area contributed by atoms with Crippen molar-refractivity contribution in [1.29, 1.82) is 0 Å². The summed E-state index contributed by atoms with van der Waals surface area (Å²) in [6.45, 7) is 7.18. The highest BCUT2D eigenvalue weighted by atomic mass is 16.6. The molecule has 1 aromatic rings. The second-order valence-corrected chi connectivity index (χ2v) is 5.93. The van der Waals surface area contributed by atoms with Crippen LogP contribution in [0.3, 0.4) is 0 Å². The lowest BCUT2D eigenvalue weighted by molar-refractivity contribution is 0.0568. The first-order valence-corrected chi connectivity index (χ1v) is 6.81. The second kappa shape index (κ2) is 5.66. The number of hydrogen-bond donors (Lipinski definition) is 2. The molecule has 0 radical (unpaired) electrons. The highest BCUT2D eigenvalue weighted by molar-refractivity contribution is 5.92. The average molecular weight is 278 g/mol. The monoisotopic (exact) mass is 278 g/mol. The van der Waals surface area contributed by atoms with Gasteiger partial charge >= 0.3 is 6.09 Å². The van der Waals surface area contributed by atoms with E-state index >= 15 is 0 Å². The average Bonchev–Trinajstić information content (AvgIpc) is 2.83. The number of nitrogens with zero attached hydrogens (tertiary/aromatic N) is 2. The third kappa shape index (κ3) is 3.39. The van der Waals surface area contributed by atoms with E-state index in [0.29, 0.717) is 11.4 Å². The highest BCUT2D eigenvalue weighted by Crippen LogP contribution is 2.27. The summed E-state index contributed by atoms with van der Waals surface area (Å²) in [5.74, 6) is 0. The Morgan fingerprint density at radius 2 is 2.30 bits per heavy atom. The van der Waals surface area contributed by atoms with Gasteiger partial charge in [0, 0.05) is 12.7 Å². The summed E-state index contributed by atoms with van der Waals surface area (Å²) in [6, 6.07) is 1.80. The number of amides is 1. The Labute approximate surface area is 119 Å². The molecule has 0 bridgehead atoms. The van der Waals surface area contributed by atoms with Crippen LogP contribution in [-0.4, -0.2) is 35.8 Å². The van der Waals surface area contributed by atoms with Crippen molar-refractivity contribution < 1.29 is 9.53 Å². The summed E-state index contributed by atoms with van der Waals surface area (Å²) < 4.78 is 5.50. The first-order chi connectivity index (χ1) is 9.38. The molecule has 1 aromatic heterocycles. The van der Waals surface area contributed by atoms with Gasteiger partial charge in [0.05, 0.1) is 23.6 Å². The fourth-order valence-corrected chi connectivity index (χ4v) is 2.23. The van der Waals surface area contributed by atoms with Gasteiger partial charge in [0.15, 0.2) is 0 Å². The molecule has 1 atom stereocenters. The van der Waals surface area contributed by atoms with Crippen LogP contribution in [0.1, 0.15) is 27.2 Å². The summed E-state index contributed by atoms with van der Waals surface area (Å²) in [4.78, 5) is 18.1. The molecule has 0 saturated carbocycles. The van der Waals surface area contributed by atoms with Crippen LogP contribution < -0.4 is 16.0 Å². The van der Waals surface area contributed by atoms with Crippen LogP contribution in [-0.2, 0) is 4.74 Å². The van der Waals surface area contributed by atoms with Crippen molar-refractivity contribution in [3.8, 4) is 0 Å². The molecule has 6 nitrogen and oxygen atoms in total. The van der Waals surface area contributed by atoms with Crippen molar-refractivity contribution >= 4 is 17.5 Å². The Bertz CT molecular complexity index is 478. The highest BCUT2D eigenvalue weighted by Gasteiger charge is 2.32. The quantitative estimate of drug-likeness (QED) is 0.861. The van der Waals surface area contributed by atoms with Crippen LogP contribution in [0, 0.1) is 0 Å². The summed E-state index contributed by atoms with van der Waals surface area (Å²) in [5, 5.41) is 3.25. The third-order valence-electron chi connectivity index (χ3n) is 3.08. The number of carbonyl (C=O) groups excluding carboxylic acids is 1. The number of rotatable bonds is 2. The molecular weight excluding hydrogens is 256 g/mol. The molecule has 0 spiro atoms. The Morgan fingerprint density at radius 3 is 2.85 bits per heavy atom. The van der Waals surface area contributed by atoms with Crippen LogP contribution in [0.5, 0.6) is 0 Å².